The lowest BCUT2D eigenvalue weighted by molar-refractivity contribution is -0.250. The van der Waals surface area contributed by atoms with Crippen molar-refractivity contribution in [3.63, 3.8) is 0 Å². The van der Waals surface area contributed by atoms with E-state index >= 15 is 0 Å². The number of rotatable bonds is 4. The highest BCUT2D eigenvalue weighted by Gasteiger charge is 2.70. The Labute approximate surface area is 211 Å². The molecule has 7 unspecified atom stereocenters. The van der Waals surface area contributed by atoms with Crippen LogP contribution >= 0.6 is 0 Å². The molecule has 5 rings (SSSR count). The zero-order valence-electron chi connectivity index (χ0n) is 24.1. The largest absolute Gasteiger partial charge is 0.384 e. The van der Waals surface area contributed by atoms with Gasteiger partial charge in [-0.25, -0.2) is 0 Å². The van der Waals surface area contributed by atoms with Gasteiger partial charge in [-0.05, 0) is 127 Å². The second-order valence-electron chi connectivity index (χ2n) is 15.6. The van der Waals surface area contributed by atoms with Gasteiger partial charge < -0.3 is 9.47 Å². The molecule has 2 heteroatoms. The molecule has 0 aliphatic heterocycles. The molecule has 2 nitrogen and oxygen atoms in total. The van der Waals surface area contributed by atoms with Gasteiger partial charge in [0, 0.05) is 20.8 Å². The number of ether oxygens (including phenoxy) is 2. The standard InChI is InChI=1S/C32H56O2/c1-21(20-33-8)22-12-15-29(4)18-19-31(6)23(27(22)29)10-11-25-30(5)16-14-26(34-9)28(2,3)24(30)13-17-32(25,31)7/h21-27H,10-20H2,1-9H3/t21?,22?,23?,24?,25?,26?,27?,29-,30+,31-,32-/m1/s1. The van der Waals surface area contributed by atoms with Crippen LogP contribution in [0.1, 0.15) is 113 Å². The van der Waals surface area contributed by atoms with Gasteiger partial charge in [0.25, 0.3) is 0 Å². The van der Waals surface area contributed by atoms with Gasteiger partial charge in [0.1, 0.15) is 0 Å². The summed E-state index contributed by atoms with van der Waals surface area (Å²) < 4.78 is 11.8. The average Bonchev–Trinajstić information content (AvgIpc) is 3.12. The van der Waals surface area contributed by atoms with Crippen LogP contribution in [0.2, 0.25) is 0 Å². The summed E-state index contributed by atoms with van der Waals surface area (Å²) in [4.78, 5) is 0. The summed E-state index contributed by atoms with van der Waals surface area (Å²) in [7, 11) is 3.86. The van der Waals surface area contributed by atoms with Crippen LogP contribution in [0.25, 0.3) is 0 Å². The number of hydrogen-bond acceptors (Lipinski definition) is 2. The van der Waals surface area contributed by atoms with E-state index < -0.39 is 0 Å². The molecule has 0 N–H and O–H groups in total. The fraction of sp³-hybridized carbons (Fsp3) is 1.00. The van der Waals surface area contributed by atoms with E-state index in [1.807, 2.05) is 14.2 Å². The molecule has 0 aromatic heterocycles. The van der Waals surface area contributed by atoms with Crippen LogP contribution in [-0.2, 0) is 9.47 Å². The third-order valence-electron chi connectivity index (χ3n) is 14.3. The predicted octanol–water partition coefficient (Wildman–Crippen LogP) is 8.39. The Kier molecular flexibility index (Phi) is 6.17. The second-order valence-corrected chi connectivity index (χ2v) is 15.6. The van der Waals surface area contributed by atoms with Crippen molar-refractivity contribution >= 4 is 0 Å². The Morgan fingerprint density at radius 1 is 0.735 bits per heavy atom. The molecule has 5 aliphatic rings. The van der Waals surface area contributed by atoms with Gasteiger partial charge in [0.15, 0.2) is 0 Å². The van der Waals surface area contributed by atoms with Crippen molar-refractivity contribution in [3.8, 4) is 0 Å². The van der Waals surface area contributed by atoms with Crippen molar-refractivity contribution in [2.24, 2.45) is 62.6 Å². The first-order valence-corrected chi connectivity index (χ1v) is 14.9. The van der Waals surface area contributed by atoms with Crippen LogP contribution in [0.4, 0.5) is 0 Å². The molecule has 5 saturated carbocycles. The zero-order chi connectivity index (χ0) is 24.7. The van der Waals surface area contributed by atoms with Gasteiger partial charge in [0.2, 0.25) is 0 Å². The van der Waals surface area contributed by atoms with E-state index in [4.69, 9.17) is 9.47 Å². The smallest absolute Gasteiger partial charge is 0.0625 e. The molecule has 0 radical (unpaired) electrons. The van der Waals surface area contributed by atoms with Crippen LogP contribution in [0.15, 0.2) is 0 Å². The van der Waals surface area contributed by atoms with Gasteiger partial charge in [-0.15, -0.1) is 0 Å². The summed E-state index contributed by atoms with van der Waals surface area (Å²) in [5.41, 5.74) is 2.30. The average molecular weight is 473 g/mol. The van der Waals surface area contributed by atoms with Crippen molar-refractivity contribution in [2.75, 3.05) is 20.8 Å². The van der Waals surface area contributed by atoms with E-state index in [-0.39, 0.29) is 5.41 Å². The van der Waals surface area contributed by atoms with Crippen molar-refractivity contribution in [2.45, 2.75) is 119 Å². The van der Waals surface area contributed by atoms with Crippen molar-refractivity contribution in [1.82, 2.24) is 0 Å². The van der Waals surface area contributed by atoms with Crippen LogP contribution < -0.4 is 0 Å². The first-order valence-electron chi connectivity index (χ1n) is 14.9. The maximum atomic E-state index is 6.07. The number of methoxy groups -OCH3 is 2. The molecule has 0 spiro atoms. The lowest BCUT2D eigenvalue weighted by atomic mass is 9.32. The van der Waals surface area contributed by atoms with Crippen molar-refractivity contribution in [1.29, 1.82) is 0 Å². The van der Waals surface area contributed by atoms with E-state index in [9.17, 15) is 0 Å². The van der Waals surface area contributed by atoms with E-state index in [1.165, 1.54) is 64.2 Å². The number of fused-ring (bicyclic) bond motifs is 7. The molecular weight excluding hydrogens is 416 g/mol. The summed E-state index contributed by atoms with van der Waals surface area (Å²) in [6, 6.07) is 0. The topological polar surface area (TPSA) is 18.5 Å². The highest BCUT2D eigenvalue weighted by Crippen LogP contribution is 2.77. The predicted molar refractivity (Wildman–Crippen MR) is 142 cm³/mol. The molecule has 34 heavy (non-hydrogen) atoms. The third-order valence-corrected chi connectivity index (χ3v) is 14.3. The minimum Gasteiger partial charge on any atom is -0.384 e. The number of hydrogen-bond donors (Lipinski definition) is 0. The Morgan fingerprint density at radius 2 is 1.47 bits per heavy atom. The van der Waals surface area contributed by atoms with Gasteiger partial charge >= 0.3 is 0 Å². The van der Waals surface area contributed by atoms with Crippen molar-refractivity contribution in [3.05, 3.63) is 0 Å². The van der Waals surface area contributed by atoms with Gasteiger partial charge in [-0.3, -0.25) is 0 Å². The summed E-state index contributed by atoms with van der Waals surface area (Å²) in [6.07, 6.45) is 14.7. The zero-order valence-corrected chi connectivity index (χ0v) is 24.1. The summed E-state index contributed by atoms with van der Waals surface area (Å²) >= 11 is 0. The fourth-order valence-electron chi connectivity index (χ4n) is 12.4. The van der Waals surface area contributed by atoms with Crippen LogP contribution in [0.3, 0.4) is 0 Å². The Bertz CT molecular complexity index is 775. The van der Waals surface area contributed by atoms with E-state index in [2.05, 4.69) is 48.5 Å². The summed E-state index contributed by atoms with van der Waals surface area (Å²) in [5.74, 6) is 5.04. The molecule has 196 valence electrons. The minimum atomic E-state index is 0.290. The summed E-state index contributed by atoms with van der Waals surface area (Å²) in [5, 5.41) is 0. The van der Waals surface area contributed by atoms with Gasteiger partial charge in [0.05, 0.1) is 6.10 Å². The van der Waals surface area contributed by atoms with Crippen LogP contribution in [0, 0.1) is 62.6 Å². The molecule has 5 fully saturated rings. The molecular formula is C32H56O2. The minimum absolute atomic E-state index is 0.290. The van der Waals surface area contributed by atoms with E-state index in [0.29, 0.717) is 33.7 Å². The lowest BCUT2D eigenvalue weighted by Gasteiger charge is -2.73. The third kappa shape index (κ3) is 3.18. The first kappa shape index (κ1) is 25.6. The van der Waals surface area contributed by atoms with Crippen molar-refractivity contribution < 1.29 is 9.47 Å². The lowest BCUT2D eigenvalue weighted by Crippen LogP contribution is -2.66. The van der Waals surface area contributed by atoms with E-state index in [0.717, 1.165) is 36.2 Å². The molecule has 0 bridgehead atoms. The normalized spacial score (nSPS) is 55.0. The van der Waals surface area contributed by atoms with Gasteiger partial charge in [-0.2, -0.15) is 0 Å². The molecule has 5 aliphatic carbocycles. The SMILES string of the molecule is COCC(C)C1CC[C@]2(C)CC[C@]3(C)C(CCC4[C@@]5(C)CCC(OC)C(C)(C)C5CC[C@]43C)C12. The fourth-order valence-corrected chi connectivity index (χ4v) is 12.4. The molecule has 0 aromatic carbocycles. The van der Waals surface area contributed by atoms with Crippen LogP contribution in [-0.4, -0.2) is 26.9 Å². The quantitative estimate of drug-likeness (QED) is 0.409. The van der Waals surface area contributed by atoms with E-state index in [1.54, 1.807) is 0 Å². The second kappa shape index (κ2) is 8.21. The van der Waals surface area contributed by atoms with Gasteiger partial charge in [-0.1, -0.05) is 48.5 Å². The monoisotopic (exact) mass is 472 g/mol. The maximum Gasteiger partial charge on any atom is 0.0625 e. The highest BCUT2D eigenvalue weighted by molar-refractivity contribution is 5.19. The summed E-state index contributed by atoms with van der Waals surface area (Å²) in [6.45, 7) is 19.5. The maximum absolute atomic E-state index is 6.07. The molecule has 0 amide bonds. The molecule has 0 aromatic rings. The molecule has 0 heterocycles. The Morgan fingerprint density at radius 3 is 2.15 bits per heavy atom. The van der Waals surface area contributed by atoms with Crippen LogP contribution in [0.5, 0.6) is 0 Å². The Hall–Kier alpha value is -0.0800. The Balaban J connectivity index is 1.50. The highest BCUT2D eigenvalue weighted by atomic mass is 16.5. The first-order chi connectivity index (χ1) is 15.9. The molecule has 11 atom stereocenters. The molecule has 0 saturated heterocycles.